The van der Waals surface area contributed by atoms with Gasteiger partial charge in [-0.3, -0.25) is 4.79 Å². The molecule has 0 saturated heterocycles. The van der Waals surface area contributed by atoms with Crippen molar-refractivity contribution in [3.05, 3.63) is 58.5 Å². The summed E-state index contributed by atoms with van der Waals surface area (Å²) in [5.41, 5.74) is -0.181. The Labute approximate surface area is 143 Å². The minimum Gasteiger partial charge on any atom is -0.438 e. The summed E-state index contributed by atoms with van der Waals surface area (Å²) in [6, 6.07) is 9.33. The number of nitrogens with zero attached hydrogens (tertiary/aromatic N) is 4. The number of pyridine rings is 1. The first-order valence-corrected chi connectivity index (χ1v) is 7.83. The Kier molecular flexibility index (Phi) is 4.98. The molecule has 2 heterocycles. The number of alkyl halides is 2. The Bertz CT molecular complexity index is 980. The van der Waals surface area contributed by atoms with Gasteiger partial charge in [-0.05, 0) is 36.0 Å². The molecule has 10 heteroatoms. The maximum atomic E-state index is 12.5. The van der Waals surface area contributed by atoms with Crippen molar-refractivity contribution >= 4 is 28.6 Å². The van der Waals surface area contributed by atoms with Crippen LogP contribution in [-0.4, -0.2) is 31.7 Å². The zero-order valence-corrected chi connectivity index (χ0v) is 13.3. The second-order valence-electron chi connectivity index (χ2n) is 4.71. The number of esters is 1. The van der Waals surface area contributed by atoms with Gasteiger partial charge < -0.3 is 4.74 Å². The number of hydrogen-bond acceptors (Lipinski definition) is 7. The number of ether oxygens (including phenoxy) is 1. The molecule has 0 spiro atoms. The van der Waals surface area contributed by atoms with Crippen LogP contribution in [0.2, 0.25) is 0 Å². The Hall–Kier alpha value is -2.88. The summed E-state index contributed by atoms with van der Waals surface area (Å²) in [4.78, 5) is 28.1. The lowest BCUT2D eigenvalue weighted by molar-refractivity contribution is 0.0331. The number of aromatic nitrogens is 4. The van der Waals surface area contributed by atoms with E-state index in [2.05, 4.69) is 15.3 Å². The number of carbonyl (C=O) groups is 1. The maximum absolute atomic E-state index is 12.5. The van der Waals surface area contributed by atoms with E-state index < -0.39 is 24.0 Å². The molecule has 0 aliphatic heterocycles. The van der Waals surface area contributed by atoms with Crippen molar-refractivity contribution < 1.29 is 18.3 Å². The number of fused-ring (bicyclic) bond motifs is 1. The van der Waals surface area contributed by atoms with Crippen LogP contribution in [0.25, 0.3) is 10.9 Å². The first-order chi connectivity index (χ1) is 12.1. The standard InChI is InChI=1S/C15H10F2N4O3S/c16-15(17)25-12-10(5-3-7-18-12)14(23)24-8-21-13(22)9-4-1-2-6-11(9)19-20-21/h1-7,15H,8H2. The van der Waals surface area contributed by atoms with E-state index in [0.717, 1.165) is 4.68 Å². The highest BCUT2D eigenvalue weighted by Gasteiger charge is 2.18. The highest BCUT2D eigenvalue weighted by atomic mass is 32.2. The van der Waals surface area contributed by atoms with E-state index in [1.54, 1.807) is 24.3 Å². The molecule has 0 saturated carbocycles. The van der Waals surface area contributed by atoms with Crippen LogP contribution < -0.4 is 5.56 Å². The van der Waals surface area contributed by atoms with Crippen LogP contribution in [-0.2, 0) is 11.5 Å². The van der Waals surface area contributed by atoms with E-state index >= 15 is 0 Å². The van der Waals surface area contributed by atoms with Gasteiger partial charge in [0.15, 0.2) is 6.73 Å². The molecule has 2 aromatic heterocycles. The van der Waals surface area contributed by atoms with Gasteiger partial charge in [0.2, 0.25) is 0 Å². The molecule has 0 unspecified atom stereocenters. The summed E-state index contributed by atoms with van der Waals surface area (Å²) in [7, 11) is 0. The Morgan fingerprint density at radius 3 is 2.84 bits per heavy atom. The number of rotatable bonds is 5. The minimum absolute atomic E-state index is 0.116. The third-order valence-electron chi connectivity index (χ3n) is 3.14. The van der Waals surface area contributed by atoms with Crippen LogP contribution in [0.4, 0.5) is 8.78 Å². The predicted molar refractivity (Wildman–Crippen MR) is 85.3 cm³/mol. The Morgan fingerprint density at radius 2 is 2.04 bits per heavy atom. The van der Waals surface area contributed by atoms with Gasteiger partial charge in [0, 0.05) is 6.20 Å². The number of carbonyl (C=O) groups excluding carboxylic acids is 1. The van der Waals surface area contributed by atoms with Crippen LogP contribution in [0.5, 0.6) is 0 Å². The van der Waals surface area contributed by atoms with Crippen molar-refractivity contribution in [3.63, 3.8) is 0 Å². The number of benzene rings is 1. The normalized spacial score (nSPS) is 11.0. The quantitative estimate of drug-likeness (QED) is 0.507. The molecule has 0 N–H and O–H groups in total. The molecule has 25 heavy (non-hydrogen) atoms. The Morgan fingerprint density at radius 1 is 1.24 bits per heavy atom. The van der Waals surface area contributed by atoms with Crippen molar-refractivity contribution in [2.75, 3.05) is 0 Å². The lowest BCUT2D eigenvalue weighted by atomic mass is 10.2. The number of halogens is 2. The summed E-state index contributed by atoms with van der Waals surface area (Å²) in [5.74, 6) is -3.62. The minimum atomic E-state index is -2.73. The summed E-state index contributed by atoms with van der Waals surface area (Å²) >= 11 is 0.138. The van der Waals surface area contributed by atoms with Crippen LogP contribution in [0.15, 0.2) is 52.4 Å². The fourth-order valence-electron chi connectivity index (χ4n) is 2.03. The van der Waals surface area contributed by atoms with Gasteiger partial charge >= 0.3 is 5.97 Å². The lowest BCUT2D eigenvalue weighted by Crippen LogP contribution is -2.26. The predicted octanol–water partition coefficient (Wildman–Crippen LogP) is 2.32. The fraction of sp³-hybridized carbons (Fsp3) is 0.133. The monoisotopic (exact) mass is 364 g/mol. The van der Waals surface area contributed by atoms with E-state index in [-0.39, 0.29) is 22.4 Å². The van der Waals surface area contributed by atoms with E-state index in [1.165, 1.54) is 18.3 Å². The zero-order chi connectivity index (χ0) is 17.8. The van der Waals surface area contributed by atoms with Crippen LogP contribution in [0.3, 0.4) is 0 Å². The smallest absolute Gasteiger partial charge is 0.342 e. The number of hydrogen-bond donors (Lipinski definition) is 0. The first-order valence-electron chi connectivity index (χ1n) is 6.96. The van der Waals surface area contributed by atoms with Crippen molar-refractivity contribution in [2.24, 2.45) is 0 Å². The molecular weight excluding hydrogens is 354 g/mol. The molecule has 7 nitrogen and oxygen atoms in total. The molecule has 3 aromatic rings. The van der Waals surface area contributed by atoms with Crippen LogP contribution in [0, 0.1) is 0 Å². The molecule has 0 amide bonds. The first kappa shape index (κ1) is 17.0. The molecule has 0 radical (unpaired) electrons. The summed E-state index contributed by atoms with van der Waals surface area (Å²) < 4.78 is 30.9. The highest BCUT2D eigenvalue weighted by molar-refractivity contribution is 7.99. The van der Waals surface area contributed by atoms with Crippen molar-refractivity contribution in [1.29, 1.82) is 0 Å². The van der Waals surface area contributed by atoms with Gasteiger partial charge in [-0.1, -0.05) is 17.3 Å². The molecule has 3 rings (SSSR count). The van der Waals surface area contributed by atoms with E-state index in [4.69, 9.17) is 4.74 Å². The third kappa shape index (κ3) is 3.79. The Balaban J connectivity index is 1.79. The third-order valence-corrected chi connectivity index (χ3v) is 3.87. The highest BCUT2D eigenvalue weighted by Crippen LogP contribution is 2.26. The largest absolute Gasteiger partial charge is 0.438 e. The van der Waals surface area contributed by atoms with Crippen molar-refractivity contribution in [1.82, 2.24) is 20.0 Å². The van der Waals surface area contributed by atoms with Crippen LogP contribution >= 0.6 is 11.8 Å². The molecular formula is C15H10F2N4O3S. The van der Waals surface area contributed by atoms with Gasteiger partial charge in [-0.2, -0.15) is 13.5 Å². The molecule has 0 bridgehead atoms. The van der Waals surface area contributed by atoms with Gasteiger partial charge in [0.25, 0.3) is 11.3 Å². The van der Waals surface area contributed by atoms with E-state index in [1.807, 2.05) is 0 Å². The molecule has 0 atom stereocenters. The molecule has 1 aromatic carbocycles. The second-order valence-corrected chi connectivity index (χ2v) is 5.69. The van der Waals surface area contributed by atoms with Crippen molar-refractivity contribution in [2.45, 2.75) is 17.5 Å². The maximum Gasteiger partial charge on any atom is 0.342 e. The van der Waals surface area contributed by atoms with Gasteiger partial charge in [-0.25, -0.2) is 9.78 Å². The fourth-order valence-corrected chi connectivity index (χ4v) is 2.60. The molecule has 0 aliphatic rings. The average Bonchev–Trinajstić information content (AvgIpc) is 2.61. The average molecular weight is 364 g/mol. The SMILES string of the molecule is O=C(OCn1nnc2ccccc2c1=O)c1cccnc1SC(F)F. The van der Waals surface area contributed by atoms with Gasteiger partial charge in [0.1, 0.15) is 10.5 Å². The summed E-state index contributed by atoms with van der Waals surface area (Å²) in [6.45, 7) is -0.497. The zero-order valence-electron chi connectivity index (χ0n) is 12.5. The van der Waals surface area contributed by atoms with Crippen LogP contribution in [0.1, 0.15) is 10.4 Å². The second kappa shape index (κ2) is 7.34. The summed E-state index contributed by atoms with van der Waals surface area (Å²) in [5, 5.41) is 7.70. The molecule has 128 valence electrons. The number of thioether (sulfide) groups is 1. The lowest BCUT2D eigenvalue weighted by Gasteiger charge is -2.09. The topological polar surface area (TPSA) is 87.0 Å². The van der Waals surface area contributed by atoms with E-state index in [9.17, 15) is 18.4 Å². The molecule has 0 aliphatic carbocycles. The van der Waals surface area contributed by atoms with E-state index in [0.29, 0.717) is 10.9 Å². The summed E-state index contributed by atoms with van der Waals surface area (Å²) in [6.07, 6.45) is 1.29. The van der Waals surface area contributed by atoms with Crippen molar-refractivity contribution in [3.8, 4) is 0 Å². The van der Waals surface area contributed by atoms with Gasteiger partial charge in [0.05, 0.1) is 10.9 Å². The van der Waals surface area contributed by atoms with Gasteiger partial charge in [-0.15, -0.1) is 5.10 Å². The molecule has 0 fully saturated rings.